The summed E-state index contributed by atoms with van der Waals surface area (Å²) >= 11 is 6.79. The second kappa shape index (κ2) is 5.92. The van der Waals surface area contributed by atoms with E-state index in [1.807, 2.05) is 31.2 Å². The van der Waals surface area contributed by atoms with Crippen LogP contribution in [0, 0.1) is 0 Å². The third-order valence-corrected chi connectivity index (χ3v) is 4.16. The molecule has 0 fully saturated rings. The van der Waals surface area contributed by atoms with Crippen LogP contribution in [-0.2, 0) is 6.54 Å². The first-order valence-corrected chi connectivity index (χ1v) is 7.40. The number of hydrogen-bond donors (Lipinski definition) is 0. The van der Waals surface area contributed by atoms with Gasteiger partial charge in [0.05, 0.1) is 17.3 Å². The van der Waals surface area contributed by atoms with Gasteiger partial charge in [0.2, 0.25) is 0 Å². The Bertz CT molecular complexity index is 665. The number of halogens is 2. The Morgan fingerprint density at radius 2 is 1.89 bits per heavy atom. The van der Waals surface area contributed by atoms with Gasteiger partial charge in [0.15, 0.2) is 0 Å². The van der Waals surface area contributed by atoms with E-state index >= 15 is 0 Å². The maximum absolute atomic E-state index is 12.1. The van der Waals surface area contributed by atoms with Crippen molar-refractivity contribution in [2.75, 3.05) is 7.11 Å². The minimum absolute atomic E-state index is 0.0253. The van der Waals surface area contributed by atoms with Gasteiger partial charge in [0, 0.05) is 16.6 Å². The van der Waals surface area contributed by atoms with Crippen LogP contribution in [0.5, 0.6) is 5.75 Å². The molecule has 0 N–H and O–H groups in total. The summed E-state index contributed by atoms with van der Waals surface area (Å²) in [4.78, 5) is 12.1. The lowest BCUT2D eigenvalue weighted by atomic mass is 10.1. The number of aromatic nitrogens is 1. The molecule has 1 heterocycles. The summed E-state index contributed by atoms with van der Waals surface area (Å²) in [5.74, 6) is 0.776. The maximum atomic E-state index is 12.1. The van der Waals surface area contributed by atoms with Gasteiger partial charge in [-0.15, -0.1) is 0 Å². The lowest BCUT2D eigenvalue weighted by Crippen LogP contribution is -2.21. The van der Waals surface area contributed by atoms with Crippen molar-refractivity contribution in [3.05, 3.63) is 49.6 Å². The molecule has 0 saturated carbocycles. The Labute approximate surface area is 128 Å². The lowest BCUT2D eigenvalue weighted by Gasteiger charge is -2.13. The molecule has 0 aliphatic rings. The van der Waals surface area contributed by atoms with E-state index in [-0.39, 0.29) is 5.56 Å². The molecule has 0 aliphatic heterocycles. The molecule has 0 saturated heterocycles. The van der Waals surface area contributed by atoms with Crippen LogP contribution in [0.4, 0.5) is 0 Å². The van der Waals surface area contributed by atoms with Crippen LogP contribution in [0.3, 0.4) is 0 Å². The first kappa shape index (κ1) is 14.3. The van der Waals surface area contributed by atoms with Crippen LogP contribution >= 0.6 is 31.9 Å². The van der Waals surface area contributed by atoms with Crippen LogP contribution in [0.15, 0.2) is 44.1 Å². The van der Waals surface area contributed by atoms with Gasteiger partial charge in [0.25, 0.3) is 5.56 Å². The first-order valence-electron chi connectivity index (χ1n) is 5.81. The number of pyridine rings is 1. The monoisotopic (exact) mass is 385 g/mol. The molecule has 2 rings (SSSR count). The fraction of sp³-hybridized carbons (Fsp3) is 0.214. The van der Waals surface area contributed by atoms with E-state index in [9.17, 15) is 4.79 Å². The number of hydrogen-bond acceptors (Lipinski definition) is 2. The van der Waals surface area contributed by atoms with Gasteiger partial charge in [-0.25, -0.2) is 0 Å². The molecule has 100 valence electrons. The van der Waals surface area contributed by atoms with E-state index in [4.69, 9.17) is 4.74 Å². The van der Waals surface area contributed by atoms with Crippen LogP contribution in [0.25, 0.3) is 11.3 Å². The van der Waals surface area contributed by atoms with Crippen molar-refractivity contribution in [1.29, 1.82) is 0 Å². The van der Waals surface area contributed by atoms with Crippen molar-refractivity contribution < 1.29 is 4.74 Å². The molecule has 1 aromatic carbocycles. The molecule has 1 aromatic heterocycles. The third kappa shape index (κ3) is 2.77. The Morgan fingerprint density at radius 1 is 1.16 bits per heavy atom. The Hall–Kier alpha value is -1.07. The zero-order valence-electron chi connectivity index (χ0n) is 10.6. The molecule has 0 atom stereocenters. The Kier molecular flexibility index (Phi) is 4.47. The van der Waals surface area contributed by atoms with Gasteiger partial charge in [-0.3, -0.25) is 4.79 Å². The van der Waals surface area contributed by atoms with E-state index in [1.165, 1.54) is 0 Å². The van der Waals surface area contributed by atoms with Gasteiger partial charge in [-0.05, 0) is 69.1 Å². The highest BCUT2D eigenvalue weighted by atomic mass is 79.9. The van der Waals surface area contributed by atoms with Crippen LogP contribution in [0.2, 0.25) is 0 Å². The van der Waals surface area contributed by atoms with Crippen molar-refractivity contribution in [1.82, 2.24) is 4.57 Å². The summed E-state index contributed by atoms with van der Waals surface area (Å²) in [5, 5.41) is 0. The summed E-state index contributed by atoms with van der Waals surface area (Å²) in [7, 11) is 1.63. The van der Waals surface area contributed by atoms with Crippen molar-refractivity contribution in [3.8, 4) is 17.0 Å². The quantitative estimate of drug-likeness (QED) is 0.796. The van der Waals surface area contributed by atoms with Crippen molar-refractivity contribution >= 4 is 31.9 Å². The minimum Gasteiger partial charge on any atom is -0.497 e. The molecule has 0 unspecified atom stereocenters. The number of rotatable bonds is 3. The standard InChI is InChI=1S/C14H13Br2NO2/c1-3-17-13(7-6-11(15)14(17)18)10-5-4-9(19-2)8-12(10)16/h4-8H,3H2,1-2H3. The smallest absolute Gasteiger partial charge is 0.265 e. The molecule has 0 spiro atoms. The predicted octanol–water partition coefficient (Wildman–Crippen LogP) is 4.07. The second-order valence-electron chi connectivity index (χ2n) is 3.96. The normalized spacial score (nSPS) is 10.5. The van der Waals surface area contributed by atoms with E-state index in [1.54, 1.807) is 17.7 Å². The lowest BCUT2D eigenvalue weighted by molar-refractivity contribution is 0.414. The van der Waals surface area contributed by atoms with Crippen LogP contribution < -0.4 is 10.3 Å². The molecule has 0 bridgehead atoms. The Balaban J connectivity index is 2.66. The summed E-state index contributed by atoms with van der Waals surface area (Å²) < 4.78 is 8.38. The van der Waals surface area contributed by atoms with E-state index in [0.717, 1.165) is 21.5 Å². The van der Waals surface area contributed by atoms with E-state index in [2.05, 4.69) is 31.9 Å². The van der Waals surface area contributed by atoms with Gasteiger partial charge < -0.3 is 9.30 Å². The molecule has 5 heteroatoms. The SMILES string of the molecule is CCn1c(-c2ccc(OC)cc2Br)ccc(Br)c1=O. The molecular formula is C14H13Br2NO2. The molecule has 19 heavy (non-hydrogen) atoms. The average molecular weight is 387 g/mol. The van der Waals surface area contributed by atoms with E-state index in [0.29, 0.717) is 11.0 Å². The molecule has 3 nitrogen and oxygen atoms in total. The van der Waals surface area contributed by atoms with Gasteiger partial charge in [-0.1, -0.05) is 0 Å². The second-order valence-corrected chi connectivity index (χ2v) is 5.67. The maximum Gasteiger partial charge on any atom is 0.265 e. The highest BCUT2D eigenvalue weighted by Crippen LogP contribution is 2.31. The van der Waals surface area contributed by atoms with Crippen LogP contribution in [0.1, 0.15) is 6.92 Å². The molecule has 0 amide bonds. The fourth-order valence-electron chi connectivity index (χ4n) is 1.93. The van der Waals surface area contributed by atoms with Crippen molar-refractivity contribution in [2.24, 2.45) is 0 Å². The predicted molar refractivity (Wildman–Crippen MR) is 83.8 cm³/mol. The van der Waals surface area contributed by atoms with Gasteiger partial charge in [-0.2, -0.15) is 0 Å². The zero-order valence-corrected chi connectivity index (χ0v) is 13.8. The number of ether oxygens (including phenoxy) is 1. The Morgan fingerprint density at radius 3 is 2.47 bits per heavy atom. The van der Waals surface area contributed by atoms with Gasteiger partial charge >= 0.3 is 0 Å². The fourth-order valence-corrected chi connectivity index (χ4v) is 2.84. The van der Waals surface area contributed by atoms with Gasteiger partial charge in [0.1, 0.15) is 5.75 Å². The first-order chi connectivity index (χ1) is 9.08. The summed E-state index contributed by atoms with van der Waals surface area (Å²) in [6.07, 6.45) is 0. The van der Waals surface area contributed by atoms with Crippen molar-refractivity contribution in [3.63, 3.8) is 0 Å². The number of nitrogens with zero attached hydrogens (tertiary/aromatic N) is 1. The molecular weight excluding hydrogens is 374 g/mol. The molecule has 0 radical (unpaired) electrons. The third-order valence-electron chi connectivity index (χ3n) is 2.90. The summed E-state index contributed by atoms with van der Waals surface area (Å²) in [6, 6.07) is 9.42. The zero-order chi connectivity index (χ0) is 14.0. The summed E-state index contributed by atoms with van der Waals surface area (Å²) in [5.41, 5.74) is 1.82. The number of methoxy groups -OCH3 is 1. The largest absolute Gasteiger partial charge is 0.497 e. The minimum atomic E-state index is -0.0253. The van der Waals surface area contributed by atoms with E-state index < -0.39 is 0 Å². The average Bonchev–Trinajstić information content (AvgIpc) is 2.42. The van der Waals surface area contributed by atoms with Crippen LogP contribution in [-0.4, -0.2) is 11.7 Å². The summed E-state index contributed by atoms with van der Waals surface area (Å²) in [6.45, 7) is 2.57. The topological polar surface area (TPSA) is 31.2 Å². The highest BCUT2D eigenvalue weighted by molar-refractivity contribution is 9.10. The highest BCUT2D eigenvalue weighted by Gasteiger charge is 2.11. The van der Waals surface area contributed by atoms with Crippen molar-refractivity contribution in [2.45, 2.75) is 13.5 Å². The molecule has 2 aromatic rings. The molecule has 0 aliphatic carbocycles. The number of benzene rings is 1.